The Kier molecular flexibility index (Phi) is 3.05. The minimum absolute atomic E-state index is 0.0335. The van der Waals surface area contributed by atoms with Crippen LogP contribution in [-0.4, -0.2) is 42.4 Å². The maximum Gasteiger partial charge on any atom is 0.115 e. The van der Waals surface area contributed by atoms with Gasteiger partial charge in [0.2, 0.25) is 0 Å². The molecule has 1 saturated carbocycles. The Morgan fingerprint density at radius 1 is 1.38 bits per heavy atom. The number of phenols is 1. The van der Waals surface area contributed by atoms with Gasteiger partial charge in [-0.05, 0) is 61.4 Å². The summed E-state index contributed by atoms with van der Waals surface area (Å²) in [7, 11) is 1.85. The number of nitrogens with zero attached hydrogens (tertiary/aromatic N) is 1. The molecule has 2 bridgehead atoms. The summed E-state index contributed by atoms with van der Waals surface area (Å²) in [4.78, 5) is 2.67. The molecule has 1 aromatic rings. The van der Waals surface area contributed by atoms with E-state index in [0.717, 1.165) is 25.3 Å². The molecule has 3 aliphatic rings. The molecule has 4 rings (SSSR count). The second-order valence-electron chi connectivity index (χ2n) is 7.38. The lowest BCUT2D eigenvalue weighted by atomic mass is 9.63. The molecule has 2 aliphatic carbocycles. The van der Waals surface area contributed by atoms with Gasteiger partial charge in [0.25, 0.3) is 0 Å². The van der Waals surface area contributed by atoms with E-state index in [9.17, 15) is 5.11 Å². The molecule has 0 radical (unpaired) electrons. The van der Waals surface area contributed by atoms with Gasteiger partial charge < -0.3 is 9.84 Å². The largest absolute Gasteiger partial charge is 0.508 e. The Labute approximate surface area is 126 Å². The minimum atomic E-state index is 0.0335. The molecular weight excluding hydrogens is 262 g/mol. The predicted molar refractivity (Wildman–Crippen MR) is 82.7 cm³/mol. The fourth-order valence-corrected chi connectivity index (χ4v) is 4.60. The first-order valence-electron chi connectivity index (χ1n) is 8.21. The van der Waals surface area contributed by atoms with E-state index in [1.54, 1.807) is 0 Å². The van der Waals surface area contributed by atoms with Crippen molar-refractivity contribution >= 4 is 0 Å². The highest BCUT2D eigenvalue weighted by molar-refractivity contribution is 5.45. The van der Waals surface area contributed by atoms with Gasteiger partial charge in [0.1, 0.15) is 5.75 Å². The normalized spacial score (nSPS) is 35.5. The van der Waals surface area contributed by atoms with Crippen LogP contribution in [0.25, 0.3) is 0 Å². The number of rotatable bonds is 3. The van der Waals surface area contributed by atoms with E-state index < -0.39 is 0 Å². The van der Waals surface area contributed by atoms with E-state index >= 15 is 0 Å². The van der Waals surface area contributed by atoms with Gasteiger partial charge in [-0.15, -0.1) is 0 Å². The van der Waals surface area contributed by atoms with Crippen LogP contribution in [0.4, 0.5) is 0 Å². The Morgan fingerprint density at radius 2 is 2.19 bits per heavy atom. The average Bonchev–Trinajstić information content (AvgIpc) is 3.27. The monoisotopic (exact) mass is 287 g/mol. The van der Waals surface area contributed by atoms with Crippen LogP contribution >= 0.6 is 0 Å². The number of fused-ring (bicyclic) bond motifs is 4. The molecule has 3 atom stereocenters. The van der Waals surface area contributed by atoms with Gasteiger partial charge in [0.05, 0.1) is 6.10 Å². The number of piperidine rings is 1. The van der Waals surface area contributed by atoms with Gasteiger partial charge >= 0.3 is 0 Å². The van der Waals surface area contributed by atoms with Crippen molar-refractivity contribution in [2.45, 2.75) is 50.2 Å². The number of hydrogen-bond acceptors (Lipinski definition) is 3. The zero-order valence-corrected chi connectivity index (χ0v) is 13.0. The number of ether oxygens (including phenoxy) is 1. The van der Waals surface area contributed by atoms with Crippen LogP contribution in [0.2, 0.25) is 0 Å². The van der Waals surface area contributed by atoms with Gasteiger partial charge in [-0.1, -0.05) is 13.0 Å². The van der Waals surface area contributed by atoms with Gasteiger partial charge in [0.15, 0.2) is 0 Å². The smallest absolute Gasteiger partial charge is 0.115 e. The van der Waals surface area contributed by atoms with Crippen molar-refractivity contribution in [1.82, 2.24) is 4.90 Å². The Morgan fingerprint density at radius 3 is 2.90 bits per heavy atom. The van der Waals surface area contributed by atoms with E-state index in [1.165, 1.54) is 30.5 Å². The molecule has 1 heterocycles. The maximum atomic E-state index is 9.89. The van der Waals surface area contributed by atoms with Crippen LogP contribution < -0.4 is 0 Å². The molecule has 0 amide bonds. The van der Waals surface area contributed by atoms with Crippen molar-refractivity contribution in [2.24, 2.45) is 5.92 Å². The van der Waals surface area contributed by atoms with Crippen LogP contribution in [0.3, 0.4) is 0 Å². The summed E-state index contributed by atoms with van der Waals surface area (Å²) < 4.78 is 5.97. The summed E-state index contributed by atoms with van der Waals surface area (Å²) in [5.41, 5.74) is 2.73. The Bertz CT molecular complexity index is 554. The average molecular weight is 287 g/mol. The van der Waals surface area contributed by atoms with Crippen LogP contribution in [0.5, 0.6) is 5.75 Å². The number of hydrogen-bond donors (Lipinski definition) is 1. The van der Waals surface area contributed by atoms with Crippen LogP contribution in [0, 0.1) is 5.92 Å². The molecule has 2 fully saturated rings. The summed E-state index contributed by atoms with van der Waals surface area (Å²) in [6.07, 6.45) is 5.21. The lowest BCUT2D eigenvalue weighted by Crippen LogP contribution is -2.63. The van der Waals surface area contributed by atoms with Crippen molar-refractivity contribution in [3.8, 4) is 5.75 Å². The first kappa shape index (κ1) is 13.6. The summed E-state index contributed by atoms with van der Waals surface area (Å²) >= 11 is 0. The van der Waals surface area contributed by atoms with Crippen molar-refractivity contribution in [2.75, 3.05) is 20.2 Å². The van der Waals surface area contributed by atoms with E-state index in [2.05, 4.69) is 17.9 Å². The zero-order chi connectivity index (χ0) is 14.6. The standard InChI is InChI=1S/C18H25NO2/c1-18-7-8-19(11-12-3-4-12)16(17(18)21-2)9-13-5-6-14(20)10-15(13)18/h5-6,10,12,16-17,20H,3-4,7-9,11H2,1-2H3/t16-,17-,18+/m0/s1. The highest BCUT2D eigenvalue weighted by Crippen LogP contribution is 2.47. The van der Waals surface area contributed by atoms with E-state index in [-0.39, 0.29) is 11.5 Å². The third-order valence-corrected chi connectivity index (χ3v) is 5.95. The molecule has 0 unspecified atom stereocenters. The van der Waals surface area contributed by atoms with E-state index in [0.29, 0.717) is 11.8 Å². The van der Waals surface area contributed by atoms with Gasteiger partial charge in [0, 0.05) is 25.1 Å². The third kappa shape index (κ3) is 2.09. The second-order valence-corrected chi connectivity index (χ2v) is 7.38. The fraction of sp³-hybridized carbons (Fsp3) is 0.667. The molecule has 1 saturated heterocycles. The molecule has 3 nitrogen and oxygen atoms in total. The summed E-state index contributed by atoms with van der Waals surface area (Å²) in [6, 6.07) is 6.40. The first-order chi connectivity index (χ1) is 10.1. The van der Waals surface area contributed by atoms with Crippen LogP contribution in [0.1, 0.15) is 37.3 Å². The fourth-order valence-electron chi connectivity index (χ4n) is 4.60. The quantitative estimate of drug-likeness (QED) is 0.928. The summed E-state index contributed by atoms with van der Waals surface area (Å²) in [5, 5.41) is 9.89. The molecule has 0 aromatic heterocycles. The lowest BCUT2D eigenvalue weighted by Gasteiger charge is -2.54. The Balaban J connectivity index is 1.73. The highest BCUT2D eigenvalue weighted by Gasteiger charge is 2.51. The number of phenolic OH excluding ortho intramolecular Hbond substituents is 1. The first-order valence-corrected chi connectivity index (χ1v) is 8.21. The molecule has 21 heavy (non-hydrogen) atoms. The number of benzene rings is 1. The van der Waals surface area contributed by atoms with Crippen molar-refractivity contribution in [3.05, 3.63) is 29.3 Å². The minimum Gasteiger partial charge on any atom is -0.508 e. The second kappa shape index (κ2) is 4.72. The predicted octanol–water partition coefficient (Wildman–Crippen LogP) is 2.71. The number of likely N-dealkylation sites (tertiary alicyclic amines) is 1. The number of methoxy groups -OCH3 is 1. The molecule has 0 spiro atoms. The maximum absolute atomic E-state index is 9.89. The topological polar surface area (TPSA) is 32.7 Å². The summed E-state index contributed by atoms with van der Waals surface area (Å²) in [5.74, 6) is 1.30. The molecule has 1 N–H and O–H groups in total. The number of aromatic hydroxyl groups is 1. The summed E-state index contributed by atoms with van der Waals surface area (Å²) in [6.45, 7) is 4.72. The van der Waals surface area contributed by atoms with Gasteiger partial charge in [-0.25, -0.2) is 0 Å². The third-order valence-electron chi connectivity index (χ3n) is 5.95. The van der Waals surface area contributed by atoms with Gasteiger partial charge in [-0.2, -0.15) is 0 Å². The van der Waals surface area contributed by atoms with E-state index in [4.69, 9.17) is 4.74 Å². The SMILES string of the molecule is CO[C@H]1[C@@H]2Cc3ccc(O)cc3[C@@]1(C)CCN2CC1CC1. The molecule has 1 aliphatic heterocycles. The van der Waals surface area contributed by atoms with Crippen molar-refractivity contribution in [1.29, 1.82) is 0 Å². The van der Waals surface area contributed by atoms with Crippen molar-refractivity contribution < 1.29 is 9.84 Å². The van der Waals surface area contributed by atoms with Crippen LogP contribution in [0.15, 0.2) is 18.2 Å². The van der Waals surface area contributed by atoms with Gasteiger partial charge in [-0.3, -0.25) is 4.90 Å². The lowest BCUT2D eigenvalue weighted by molar-refractivity contribution is -0.0758. The molecule has 3 heteroatoms. The molecular formula is C18H25NO2. The van der Waals surface area contributed by atoms with Crippen molar-refractivity contribution in [3.63, 3.8) is 0 Å². The zero-order valence-electron chi connectivity index (χ0n) is 13.0. The van der Waals surface area contributed by atoms with Crippen LogP contribution in [-0.2, 0) is 16.6 Å². The molecule has 1 aromatic carbocycles. The molecule has 114 valence electrons. The highest BCUT2D eigenvalue weighted by atomic mass is 16.5. The Hall–Kier alpha value is -1.06. The van der Waals surface area contributed by atoms with E-state index in [1.807, 2.05) is 19.2 Å².